The average molecular weight is 474 g/mol. The Morgan fingerprint density at radius 2 is 1.79 bits per heavy atom. The Hall–Kier alpha value is -3.77. The number of fused-ring (bicyclic) bond motifs is 1. The summed E-state index contributed by atoms with van der Waals surface area (Å²) in [6.45, 7) is 3.90. The normalized spacial score (nSPS) is 11.5. The lowest BCUT2D eigenvalue weighted by atomic mass is 10.2. The largest absolute Gasteiger partial charge is 0.338 e. The van der Waals surface area contributed by atoms with Crippen molar-refractivity contribution in [1.82, 2.24) is 19.7 Å². The Kier molecular flexibility index (Phi) is 7.09. The summed E-state index contributed by atoms with van der Waals surface area (Å²) in [5, 5.41) is 11.5. The molecule has 0 unspecified atom stereocenters. The molecule has 0 fully saturated rings. The van der Waals surface area contributed by atoms with E-state index in [-0.39, 0.29) is 22.7 Å². The Labute approximate surface area is 190 Å². The first-order valence-electron chi connectivity index (χ1n) is 10.1. The number of hydrogen-bond donors (Lipinski definition) is 2. The molecule has 2 amide bonds. The minimum absolute atomic E-state index is 0.0157. The van der Waals surface area contributed by atoms with E-state index in [1.165, 1.54) is 40.7 Å². The molecular formula is C21H23N5O6S. The number of rotatable bonds is 8. The number of aromatic nitrogens is 1. The highest BCUT2D eigenvalue weighted by atomic mass is 32.2. The van der Waals surface area contributed by atoms with Gasteiger partial charge in [-0.05, 0) is 30.3 Å². The van der Waals surface area contributed by atoms with E-state index >= 15 is 0 Å². The van der Waals surface area contributed by atoms with Crippen molar-refractivity contribution in [2.24, 2.45) is 0 Å². The minimum atomic E-state index is -3.73. The zero-order valence-electron chi connectivity index (χ0n) is 18.0. The molecule has 0 aliphatic heterocycles. The van der Waals surface area contributed by atoms with Crippen molar-refractivity contribution in [3.63, 3.8) is 0 Å². The van der Waals surface area contributed by atoms with Crippen LogP contribution in [0.25, 0.3) is 10.9 Å². The van der Waals surface area contributed by atoms with Gasteiger partial charge in [0.2, 0.25) is 10.0 Å². The molecule has 3 aromatic rings. The van der Waals surface area contributed by atoms with Crippen LogP contribution in [0.4, 0.5) is 5.69 Å². The molecule has 0 aliphatic rings. The van der Waals surface area contributed by atoms with Crippen molar-refractivity contribution >= 4 is 38.4 Å². The third-order valence-electron chi connectivity index (χ3n) is 5.03. The smallest absolute Gasteiger partial charge is 0.270 e. The van der Waals surface area contributed by atoms with Gasteiger partial charge in [0.15, 0.2) is 0 Å². The van der Waals surface area contributed by atoms with Crippen LogP contribution in [0.15, 0.2) is 59.6 Å². The first kappa shape index (κ1) is 23.9. The Bertz CT molecular complexity index is 1310. The molecule has 174 valence electrons. The summed E-state index contributed by atoms with van der Waals surface area (Å²) in [6, 6.07) is 11.5. The fraction of sp³-hybridized carbons (Fsp3) is 0.238. The van der Waals surface area contributed by atoms with E-state index in [4.69, 9.17) is 0 Å². The van der Waals surface area contributed by atoms with Crippen LogP contribution >= 0.6 is 0 Å². The van der Waals surface area contributed by atoms with Gasteiger partial charge in [-0.1, -0.05) is 19.9 Å². The number of hydrogen-bond acceptors (Lipinski definition) is 6. The lowest BCUT2D eigenvalue weighted by molar-refractivity contribution is -0.384. The zero-order chi connectivity index (χ0) is 24.2. The second kappa shape index (κ2) is 9.79. The number of amides is 2. The van der Waals surface area contributed by atoms with E-state index in [2.05, 4.69) is 10.9 Å². The zero-order valence-corrected chi connectivity index (χ0v) is 18.8. The van der Waals surface area contributed by atoms with E-state index in [9.17, 15) is 28.1 Å². The second-order valence-corrected chi connectivity index (χ2v) is 9.00. The standard InChI is InChI=1S/C21H23N5O6S/c1-3-25(4-2)33(31,32)18-7-5-6-16(13-18)21(28)23-22-20(27)14-24-11-10-15-12-17(26(29)30)8-9-19(15)24/h5-13H,3-4,14H2,1-2H3,(H,22,27)(H,23,28). The summed E-state index contributed by atoms with van der Waals surface area (Å²) in [5.41, 5.74) is 5.20. The number of carbonyl (C=O) groups is 2. The number of sulfonamides is 1. The first-order chi connectivity index (χ1) is 15.7. The number of hydrazine groups is 1. The van der Waals surface area contributed by atoms with Crippen molar-refractivity contribution in [3.8, 4) is 0 Å². The predicted octanol–water partition coefficient (Wildman–Crippen LogP) is 2.04. The monoisotopic (exact) mass is 473 g/mol. The molecule has 3 rings (SSSR count). The molecule has 0 bridgehead atoms. The number of carbonyl (C=O) groups excluding carboxylic acids is 2. The fourth-order valence-corrected chi connectivity index (χ4v) is 4.85. The lowest BCUT2D eigenvalue weighted by Crippen LogP contribution is -2.43. The van der Waals surface area contributed by atoms with Crippen LogP contribution in [0.2, 0.25) is 0 Å². The fourth-order valence-electron chi connectivity index (χ4n) is 3.34. The molecule has 0 saturated heterocycles. The molecule has 0 aliphatic carbocycles. The van der Waals surface area contributed by atoms with Crippen LogP contribution in [0, 0.1) is 10.1 Å². The number of nitro groups is 1. The van der Waals surface area contributed by atoms with E-state index in [1.54, 1.807) is 36.7 Å². The van der Waals surface area contributed by atoms with Crippen molar-refractivity contribution < 1.29 is 22.9 Å². The molecule has 2 aromatic carbocycles. The highest BCUT2D eigenvalue weighted by molar-refractivity contribution is 7.89. The lowest BCUT2D eigenvalue weighted by Gasteiger charge is -2.18. The van der Waals surface area contributed by atoms with Gasteiger partial charge in [0.1, 0.15) is 6.54 Å². The van der Waals surface area contributed by atoms with Crippen LogP contribution in [0.3, 0.4) is 0 Å². The van der Waals surface area contributed by atoms with Crippen molar-refractivity contribution in [2.45, 2.75) is 25.3 Å². The maximum Gasteiger partial charge on any atom is 0.270 e. The molecule has 12 heteroatoms. The minimum Gasteiger partial charge on any atom is -0.338 e. The summed E-state index contributed by atoms with van der Waals surface area (Å²) >= 11 is 0. The van der Waals surface area contributed by atoms with Gasteiger partial charge in [0.05, 0.1) is 9.82 Å². The summed E-state index contributed by atoms with van der Waals surface area (Å²) < 4.78 is 28.2. The molecule has 0 radical (unpaired) electrons. The SMILES string of the molecule is CCN(CC)S(=O)(=O)c1cccc(C(=O)NNC(=O)Cn2ccc3cc([N+](=O)[O-])ccc32)c1. The molecule has 0 spiro atoms. The second-order valence-electron chi connectivity index (χ2n) is 7.06. The van der Waals surface area contributed by atoms with Crippen LogP contribution in [0.5, 0.6) is 0 Å². The molecular weight excluding hydrogens is 450 g/mol. The predicted molar refractivity (Wildman–Crippen MR) is 121 cm³/mol. The van der Waals surface area contributed by atoms with Crippen LogP contribution in [0.1, 0.15) is 24.2 Å². The van der Waals surface area contributed by atoms with Gasteiger partial charge >= 0.3 is 0 Å². The van der Waals surface area contributed by atoms with Gasteiger partial charge in [0, 0.05) is 47.9 Å². The van der Waals surface area contributed by atoms with E-state index in [1.807, 2.05) is 0 Å². The van der Waals surface area contributed by atoms with E-state index < -0.39 is 26.8 Å². The first-order valence-corrected chi connectivity index (χ1v) is 11.5. The van der Waals surface area contributed by atoms with E-state index in [0.29, 0.717) is 24.0 Å². The Morgan fingerprint density at radius 1 is 1.06 bits per heavy atom. The molecule has 2 N–H and O–H groups in total. The van der Waals surface area contributed by atoms with Gasteiger partial charge in [-0.2, -0.15) is 4.31 Å². The number of nitro benzene ring substituents is 1. The highest BCUT2D eigenvalue weighted by Crippen LogP contribution is 2.22. The third kappa shape index (κ3) is 5.18. The van der Waals surface area contributed by atoms with Crippen LogP contribution < -0.4 is 10.9 Å². The summed E-state index contributed by atoms with van der Waals surface area (Å²) in [4.78, 5) is 35.1. The molecule has 1 heterocycles. The van der Waals surface area contributed by atoms with Crippen LogP contribution in [-0.2, 0) is 21.4 Å². The maximum atomic E-state index is 12.7. The number of nitrogens with one attached hydrogen (secondary N) is 2. The van der Waals surface area contributed by atoms with Crippen molar-refractivity contribution in [3.05, 3.63) is 70.4 Å². The Balaban J connectivity index is 1.66. The van der Waals surface area contributed by atoms with Crippen LogP contribution in [-0.4, -0.2) is 47.1 Å². The Morgan fingerprint density at radius 3 is 2.45 bits per heavy atom. The van der Waals surface area contributed by atoms with Gasteiger partial charge < -0.3 is 4.57 Å². The summed E-state index contributed by atoms with van der Waals surface area (Å²) in [5.74, 6) is -1.21. The van der Waals surface area contributed by atoms with Gasteiger partial charge in [0.25, 0.3) is 17.5 Å². The molecule has 11 nitrogen and oxygen atoms in total. The summed E-state index contributed by atoms with van der Waals surface area (Å²) in [6.07, 6.45) is 1.61. The van der Waals surface area contributed by atoms with Gasteiger partial charge in [-0.15, -0.1) is 0 Å². The van der Waals surface area contributed by atoms with Gasteiger partial charge in [-0.25, -0.2) is 8.42 Å². The van der Waals surface area contributed by atoms with Crippen molar-refractivity contribution in [1.29, 1.82) is 0 Å². The summed E-state index contributed by atoms with van der Waals surface area (Å²) in [7, 11) is -3.73. The topological polar surface area (TPSA) is 144 Å². The molecule has 33 heavy (non-hydrogen) atoms. The third-order valence-corrected chi connectivity index (χ3v) is 7.08. The molecule has 0 saturated carbocycles. The van der Waals surface area contributed by atoms with E-state index in [0.717, 1.165) is 0 Å². The van der Waals surface area contributed by atoms with Crippen molar-refractivity contribution in [2.75, 3.05) is 13.1 Å². The highest BCUT2D eigenvalue weighted by Gasteiger charge is 2.22. The molecule has 0 atom stereocenters. The number of nitrogens with zero attached hydrogens (tertiary/aromatic N) is 3. The number of non-ortho nitro benzene ring substituents is 1. The average Bonchev–Trinajstić information content (AvgIpc) is 3.20. The maximum absolute atomic E-state index is 12.7. The molecule has 1 aromatic heterocycles. The van der Waals surface area contributed by atoms with Gasteiger partial charge in [-0.3, -0.25) is 30.6 Å². The number of benzene rings is 2. The quantitative estimate of drug-likeness (QED) is 0.378.